The highest BCUT2D eigenvalue weighted by atomic mass is 32.2. The minimum Gasteiger partial charge on any atom is -0.357 e. The van der Waals surface area contributed by atoms with Crippen molar-refractivity contribution in [2.24, 2.45) is 4.99 Å². The minimum atomic E-state index is -3.11. The fourth-order valence-electron chi connectivity index (χ4n) is 3.76. The van der Waals surface area contributed by atoms with Crippen LogP contribution in [0.2, 0.25) is 0 Å². The molecule has 1 N–H and O–H groups in total. The second-order valence-corrected chi connectivity index (χ2v) is 11.0. The van der Waals surface area contributed by atoms with E-state index < -0.39 is 14.6 Å². The highest BCUT2D eigenvalue weighted by molar-refractivity contribution is 7.92. The molecule has 1 fully saturated rings. The molecule has 0 aliphatic carbocycles. The monoisotopic (exact) mass is 434 g/mol. The summed E-state index contributed by atoms with van der Waals surface area (Å²) in [5, 5.41) is 3.24. The Morgan fingerprint density at radius 3 is 2.33 bits per heavy atom. The van der Waals surface area contributed by atoms with E-state index in [1.54, 1.807) is 38.1 Å². The van der Waals surface area contributed by atoms with Gasteiger partial charge in [-0.3, -0.25) is 19.5 Å². The van der Waals surface area contributed by atoms with Gasteiger partial charge < -0.3 is 10.2 Å². The van der Waals surface area contributed by atoms with Crippen LogP contribution < -0.4 is 5.32 Å². The average Bonchev–Trinajstić information content (AvgIpc) is 2.94. The molecule has 0 aromatic heterocycles. The third-order valence-corrected chi connectivity index (χ3v) is 8.14. The van der Waals surface area contributed by atoms with E-state index >= 15 is 0 Å². The number of aliphatic imine (C=N–C) groups is 1. The van der Waals surface area contributed by atoms with E-state index in [2.05, 4.69) is 10.3 Å². The number of fused-ring (bicyclic) bond motifs is 1. The number of hydrogen-bond acceptors (Lipinski definition) is 5. The SMILES string of the molecule is CCNC(=NCCCCN1C(=O)c2ccccc2C1=O)N1CCS(=O)(=O)C(C)(C)C1. The van der Waals surface area contributed by atoms with Crippen molar-refractivity contribution in [3.8, 4) is 0 Å². The van der Waals surface area contributed by atoms with Crippen molar-refractivity contribution in [3.05, 3.63) is 35.4 Å². The average molecular weight is 435 g/mol. The lowest BCUT2D eigenvalue weighted by Crippen LogP contribution is -2.57. The predicted molar refractivity (Wildman–Crippen MR) is 116 cm³/mol. The molecule has 3 rings (SSSR count). The Bertz CT molecular complexity index is 921. The third kappa shape index (κ3) is 4.35. The van der Waals surface area contributed by atoms with Gasteiger partial charge in [0.1, 0.15) is 0 Å². The molecule has 9 heteroatoms. The smallest absolute Gasteiger partial charge is 0.261 e. The van der Waals surface area contributed by atoms with Crippen LogP contribution in [0.5, 0.6) is 0 Å². The van der Waals surface area contributed by atoms with Crippen molar-refractivity contribution in [1.29, 1.82) is 0 Å². The number of carbonyl (C=O) groups excluding carboxylic acids is 2. The van der Waals surface area contributed by atoms with Gasteiger partial charge in [-0.15, -0.1) is 0 Å². The van der Waals surface area contributed by atoms with Crippen molar-refractivity contribution in [2.45, 2.75) is 38.4 Å². The second kappa shape index (κ2) is 8.75. The standard InChI is InChI=1S/C21H30N4O4S/c1-4-22-20(24-13-14-30(28,29)21(2,3)15-24)23-11-7-8-12-25-18(26)16-9-5-6-10-17(16)19(25)27/h5-6,9-10H,4,7-8,11-15H2,1-3H3,(H,22,23). The first kappa shape index (κ1) is 22.3. The van der Waals surface area contributed by atoms with Crippen molar-refractivity contribution >= 4 is 27.6 Å². The maximum atomic E-state index is 12.4. The molecule has 2 aliphatic rings. The van der Waals surface area contributed by atoms with Gasteiger partial charge in [0.25, 0.3) is 11.8 Å². The van der Waals surface area contributed by atoms with Crippen molar-refractivity contribution < 1.29 is 18.0 Å². The van der Waals surface area contributed by atoms with E-state index in [-0.39, 0.29) is 17.6 Å². The second-order valence-electron chi connectivity index (χ2n) is 8.25. The Morgan fingerprint density at radius 2 is 1.77 bits per heavy atom. The first-order chi connectivity index (χ1) is 14.2. The van der Waals surface area contributed by atoms with E-state index in [1.807, 2.05) is 11.8 Å². The summed E-state index contributed by atoms with van der Waals surface area (Å²) in [5.74, 6) is 0.360. The van der Waals surface area contributed by atoms with Gasteiger partial charge in [0.2, 0.25) is 0 Å². The summed E-state index contributed by atoms with van der Waals surface area (Å²) >= 11 is 0. The van der Waals surface area contributed by atoms with E-state index in [1.165, 1.54) is 4.90 Å². The summed E-state index contributed by atoms with van der Waals surface area (Å²) in [6.45, 7) is 7.90. The Morgan fingerprint density at radius 1 is 1.13 bits per heavy atom. The zero-order valence-corrected chi connectivity index (χ0v) is 18.7. The summed E-state index contributed by atoms with van der Waals surface area (Å²) < 4.78 is 23.7. The normalized spacial score (nSPS) is 20.4. The molecule has 1 saturated heterocycles. The molecule has 30 heavy (non-hydrogen) atoms. The zero-order valence-electron chi connectivity index (χ0n) is 17.8. The van der Waals surface area contributed by atoms with Gasteiger partial charge in [-0.25, -0.2) is 8.42 Å². The Kier molecular flexibility index (Phi) is 6.50. The maximum Gasteiger partial charge on any atom is 0.261 e. The molecule has 1 aromatic carbocycles. The number of rotatable bonds is 6. The largest absolute Gasteiger partial charge is 0.357 e. The first-order valence-electron chi connectivity index (χ1n) is 10.4. The number of nitrogens with zero attached hydrogens (tertiary/aromatic N) is 3. The predicted octanol–water partition coefficient (Wildman–Crippen LogP) is 1.54. The molecule has 2 amide bonds. The van der Waals surface area contributed by atoms with Crippen LogP contribution in [0.3, 0.4) is 0 Å². The Labute approximate surface area is 178 Å². The summed E-state index contributed by atoms with van der Waals surface area (Å²) in [6.07, 6.45) is 1.38. The number of nitrogens with one attached hydrogen (secondary N) is 1. The lowest BCUT2D eigenvalue weighted by atomic mass is 10.1. The van der Waals surface area contributed by atoms with Gasteiger partial charge in [-0.1, -0.05) is 12.1 Å². The highest BCUT2D eigenvalue weighted by Gasteiger charge is 2.41. The van der Waals surface area contributed by atoms with E-state index in [0.29, 0.717) is 56.2 Å². The topological polar surface area (TPSA) is 99.2 Å². The number of unbranched alkanes of at least 4 members (excludes halogenated alkanes) is 1. The van der Waals surface area contributed by atoms with Crippen LogP contribution in [-0.4, -0.2) is 79.2 Å². The Balaban J connectivity index is 1.54. The molecule has 0 spiro atoms. The zero-order chi connectivity index (χ0) is 21.9. The molecule has 2 heterocycles. The van der Waals surface area contributed by atoms with Gasteiger partial charge in [0.15, 0.2) is 15.8 Å². The van der Waals surface area contributed by atoms with Crippen LogP contribution in [0.4, 0.5) is 0 Å². The van der Waals surface area contributed by atoms with E-state index in [4.69, 9.17) is 0 Å². The van der Waals surface area contributed by atoms with Crippen LogP contribution in [0.15, 0.2) is 29.3 Å². The quantitative estimate of drug-likeness (QED) is 0.316. The maximum absolute atomic E-state index is 12.4. The molecule has 164 valence electrons. The van der Waals surface area contributed by atoms with Gasteiger partial charge >= 0.3 is 0 Å². The van der Waals surface area contributed by atoms with Gasteiger partial charge in [0, 0.05) is 32.7 Å². The lowest BCUT2D eigenvalue weighted by molar-refractivity contribution is 0.0652. The van der Waals surface area contributed by atoms with E-state index in [9.17, 15) is 18.0 Å². The molecule has 0 unspecified atom stereocenters. The number of imide groups is 1. The lowest BCUT2D eigenvalue weighted by Gasteiger charge is -2.39. The van der Waals surface area contributed by atoms with Crippen molar-refractivity contribution in [1.82, 2.24) is 15.1 Å². The van der Waals surface area contributed by atoms with Crippen LogP contribution in [0.25, 0.3) is 0 Å². The van der Waals surface area contributed by atoms with Gasteiger partial charge in [0.05, 0.1) is 21.6 Å². The summed E-state index contributed by atoms with van der Waals surface area (Å²) in [7, 11) is -3.11. The fourth-order valence-corrected chi connectivity index (χ4v) is 5.13. The van der Waals surface area contributed by atoms with Crippen LogP contribution >= 0.6 is 0 Å². The molecule has 0 bridgehead atoms. The number of benzene rings is 1. The number of sulfone groups is 1. The van der Waals surface area contributed by atoms with Gasteiger partial charge in [-0.2, -0.15) is 0 Å². The van der Waals surface area contributed by atoms with Crippen LogP contribution in [0, 0.1) is 0 Å². The number of amides is 2. The van der Waals surface area contributed by atoms with Crippen LogP contribution in [-0.2, 0) is 9.84 Å². The molecular formula is C21H30N4O4S. The molecule has 8 nitrogen and oxygen atoms in total. The van der Waals surface area contributed by atoms with E-state index in [0.717, 1.165) is 6.42 Å². The summed E-state index contributed by atoms with van der Waals surface area (Å²) in [6, 6.07) is 6.89. The molecule has 1 aromatic rings. The number of hydrogen-bond donors (Lipinski definition) is 1. The molecule has 0 atom stereocenters. The van der Waals surface area contributed by atoms with Crippen molar-refractivity contribution in [3.63, 3.8) is 0 Å². The number of guanidine groups is 1. The third-order valence-electron chi connectivity index (χ3n) is 5.61. The van der Waals surface area contributed by atoms with Gasteiger partial charge in [-0.05, 0) is 45.7 Å². The molecule has 0 saturated carbocycles. The first-order valence-corrected chi connectivity index (χ1v) is 12.0. The minimum absolute atomic E-state index is 0.115. The molecule has 0 radical (unpaired) electrons. The highest BCUT2D eigenvalue weighted by Crippen LogP contribution is 2.24. The molecule has 2 aliphatic heterocycles. The number of carbonyl (C=O) groups is 2. The fraction of sp³-hybridized carbons (Fsp3) is 0.571. The van der Waals surface area contributed by atoms with Crippen LogP contribution in [0.1, 0.15) is 54.3 Å². The Hall–Kier alpha value is -2.42. The van der Waals surface area contributed by atoms with Crippen molar-refractivity contribution in [2.75, 3.05) is 38.5 Å². The molecular weight excluding hydrogens is 404 g/mol. The summed E-state index contributed by atoms with van der Waals surface area (Å²) in [5.41, 5.74) is 0.940. The summed E-state index contributed by atoms with van der Waals surface area (Å²) in [4.78, 5) is 32.7.